The summed E-state index contributed by atoms with van der Waals surface area (Å²) < 4.78 is 10.0. The number of para-hydroxylation sites is 2. The number of ether oxygens (including phenoxy) is 2. The van der Waals surface area contributed by atoms with E-state index in [1.165, 1.54) is 7.11 Å². The number of hydrogen-bond donors (Lipinski definition) is 2. The number of hydrogen-bond acceptors (Lipinski definition) is 6. The zero-order chi connectivity index (χ0) is 21.7. The first-order valence-electron chi connectivity index (χ1n) is 9.13. The first-order chi connectivity index (χ1) is 14.3. The number of nitrogens with zero attached hydrogens (tertiary/aromatic N) is 1. The number of carbonyl (C=O) groups is 4. The fraction of sp³-hybridized carbons (Fsp3) is 0.238. The van der Waals surface area contributed by atoms with E-state index in [1.807, 2.05) is 0 Å². The van der Waals surface area contributed by atoms with Crippen molar-refractivity contribution in [3.8, 4) is 5.75 Å². The van der Waals surface area contributed by atoms with Crippen LogP contribution < -0.4 is 15.4 Å². The van der Waals surface area contributed by atoms with Gasteiger partial charge in [0.15, 0.2) is 6.61 Å². The van der Waals surface area contributed by atoms with Crippen LogP contribution >= 0.6 is 0 Å². The summed E-state index contributed by atoms with van der Waals surface area (Å²) in [6.07, 6.45) is 0. The second-order valence-electron chi connectivity index (χ2n) is 6.72. The van der Waals surface area contributed by atoms with E-state index in [0.29, 0.717) is 17.0 Å². The highest BCUT2D eigenvalue weighted by atomic mass is 16.5. The molecule has 2 aromatic carbocycles. The predicted molar refractivity (Wildman–Crippen MR) is 107 cm³/mol. The molecule has 9 heteroatoms. The van der Waals surface area contributed by atoms with Crippen molar-refractivity contribution in [1.82, 2.24) is 10.2 Å². The van der Waals surface area contributed by atoms with E-state index >= 15 is 0 Å². The topological polar surface area (TPSA) is 114 Å². The van der Waals surface area contributed by atoms with Gasteiger partial charge in [0.1, 0.15) is 17.8 Å². The van der Waals surface area contributed by atoms with Gasteiger partial charge in [0, 0.05) is 0 Å². The Morgan fingerprint density at radius 2 is 1.73 bits per heavy atom. The lowest BCUT2D eigenvalue weighted by molar-refractivity contribution is -0.150. The molecule has 1 fully saturated rings. The van der Waals surface area contributed by atoms with Gasteiger partial charge in [0.05, 0.1) is 12.8 Å². The van der Waals surface area contributed by atoms with Gasteiger partial charge in [-0.15, -0.1) is 0 Å². The van der Waals surface area contributed by atoms with Crippen LogP contribution in [0.3, 0.4) is 0 Å². The molecule has 1 saturated heterocycles. The molecule has 2 aromatic rings. The Morgan fingerprint density at radius 3 is 2.43 bits per heavy atom. The van der Waals surface area contributed by atoms with Crippen molar-refractivity contribution >= 4 is 29.5 Å². The Kier molecular flexibility index (Phi) is 6.01. The van der Waals surface area contributed by atoms with Gasteiger partial charge in [-0.3, -0.25) is 19.3 Å². The van der Waals surface area contributed by atoms with Gasteiger partial charge in [-0.25, -0.2) is 4.79 Å². The molecular weight excluding hydrogens is 390 g/mol. The van der Waals surface area contributed by atoms with Crippen LogP contribution in [0.25, 0.3) is 0 Å². The summed E-state index contributed by atoms with van der Waals surface area (Å²) in [4.78, 5) is 49.9. The highest BCUT2D eigenvalue weighted by Gasteiger charge is 2.49. The number of methoxy groups -OCH3 is 1. The molecule has 0 spiro atoms. The van der Waals surface area contributed by atoms with Crippen LogP contribution in [0.5, 0.6) is 5.75 Å². The van der Waals surface area contributed by atoms with Crippen LogP contribution in [0.4, 0.5) is 10.5 Å². The number of amides is 4. The van der Waals surface area contributed by atoms with Crippen molar-refractivity contribution in [2.24, 2.45) is 0 Å². The zero-order valence-corrected chi connectivity index (χ0v) is 16.5. The lowest BCUT2D eigenvalue weighted by Crippen LogP contribution is -2.41. The van der Waals surface area contributed by atoms with Crippen LogP contribution in [-0.4, -0.2) is 49.0 Å². The maximum absolute atomic E-state index is 12.8. The van der Waals surface area contributed by atoms with E-state index in [2.05, 4.69) is 10.6 Å². The fourth-order valence-corrected chi connectivity index (χ4v) is 3.06. The van der Waals surface area contributed by atoms with Crippen molar-refractivity contribution in [3.63, 3.8) is 0 Å². The molecule has 3 rings (SSSR count). The van der Waals surface area contributed by atoms with Gasteiger partial charge >= 0.3 is 12.0 Å². The summed E-state index contributed by atoms with van der Waals surface area (Å²) in [6.45, 7) is 0.389. The number of urea groups is 1. The average molecular weight is 411 g/mol. The summed E-state index contributed by atoms with van der Waals surface area (Å²) >= 11 is 0. The quantitative estimate of drug-likeness (QED) is 0.529. The van der Waals surface area contributed by atoms with Crippen molar-refractivity contribution in [3.05, 3.63) is 60.2 Å². The third-order valence-corrected chi connectivity index (χ3v) is 4.66. The smallest absolute Gasteiger partial charge is 0.326 e. The van der Waals surface area contributed by atoms with E-state index in [1.54, 1.807) is 61.5 Å². The van der Waals surface area contributed by atoms with Gasteiger partial charge in [-0.2, -0.15) is 0 Å². The molecule has 30 heavy (non-hydrogen) atoms. The van der Waals surface area contributed by atoms with Crippen molar-refractivity contribution in [2.75, 3.05) is 25.6 Å². The molecule has 1 atom stereocenters. The van der Waals surface area contributed by atoms with E-state index in [0.717, 1.165) is 4.90 Å². The number of rotatable bonds is 7. The van der Waals surface area contributed by atoms with Gasteiger partial charge < -0.3 is 20.1 Å². The number of anilines is 1. The maximum atomic E-state index is 12.8. The zero-order valence-electron chi connectivity index (χ0n) is 16.5. The second kappa shape index (κ2) is 8.64. The lowest BCUT2D eigenvalue weighted by atomic mass is 9.92. The minimum Gasteiger partial charge on any atom is -0.495 e. The average Bonchev–Trinajstić information content (AvgIpc) is 2.97. The van der Waals surface area contributed by atoms with E-state index in [4.69, 9.17) is 9.47 Å². The largest absolute Gasteiger partial charge is 0.495 e. The van der Waals surface area contributed by atoms with Gasteiger partial charge in [0.2, 0.25) is 0 Å². The lowest BCUT2D eigenvalue weighted by Gasteiger charge is -2.21. The van der Waals surface area contributed by atoms with Crippen LogP contribution in [0, 0.1) is 0 Å². The summed E-state index contributed by atoms with van der Waals surface area (Å²) in [5.74, 6) is -1.59. The number of benzene rings is 2. The molecule has 0 aromatic heterocycles. The van der Waals surface area contributed by atoms with Gasteiger partial charge in [0.25, 0.3) is 11.8 Å². The van der Waals surface area contributed by atoms with Gasteiger partial charge in [-0.1, -0.05) is 42.5 Å². The Balaban J connectivity index is 1.56. The van der Waals surface area contributed by atoms with Crippen LogP contribution in [0.2, 0.25) is 0 Å². The molecule has 1 aliphatic heterocycles. The first-order valence-corrected chi connectivity index (χ1v) is 9.13. The molecule has 4 amide bonds. The molecule has 9 nitrogen and oxygen atoms in total. The van der Waals surface area contributed by atoms with E-state index in [-0.39, 0.29) is 0 Å². The summed E-state index contributed by atoms with van der Waals surface area (Å²) in [5, 5.41) is 5.16. The molecule has 156 valence electrons. The van der Waals surface area contributed by atoms with Crippen molar-refractivity contribution in [1.29, 1.82) is 0 Å². The molecule has 1 heterocycles. The molecule has 0 unspecified atom stereocenters. The first kappa shape index (κ1) is 20.8. The van der Waals surface area contributed by atoms with Crippen molar-refractivity contribution in [2.45, 2.75) is 12.5 Å². The van der Waals surface area contributed by atoms with Crippen LogP contribution in [0.15, 0.2) is 54.6 Å². The van der Waals surface area contributed by atoms with Crippen LogP contribution in [0.1, 0.15) is 12.5 Å². The third-order valence-electron chi connectivity index (χ3n) is 4.66. The molecular formula is C21H21N3O6. The molecule has 0 saturated carbocycles. The normalized spacial score (nSPS) is 18.0. The number of nitrogens with one attached hydrogen (secondary N) is 2. The molecule has 0 aliphatic carbocycles. The Labute approximate surface area is 172 Å². The Morgan fingerprint density at radius 1 is 1.07 bits per heavy atom. The summed E-state index contributed by atoms with van der Waals surface area (Å²) in [7, 11) is 1.46. The SMILES string of the molecule is COc1ccccc1NC(=O)COC(=O)CN1C(=O)N[C@@](C)(c2ccccc2)C1=O. The minimum atomic E-state index is -1.28. The number of esters is 1. The molecule has 2 N–H and O–H groups in total. The number of carbonyl (C=O) groups excluding carboxylic acids is 4. The van der Waals surface area contributed by atoms with E-state index in [9.17, 15) is 19.2 Å². The van der Waals surface area contributed by atoms with Crippen molar-refractivity contribution < 1.29 is 28.7 Å². The predicted octanol–water partition coefficient (Wildman–Crippen LogP) is 1.64. The molecule has 0 radical (unpaired) electrons. The van der Waals surface area contributed by atoms with Gasteiger partial charge in [-0.05, 0) is 24.6 Å². The Hall–Kier alpha value is -3.88. The Bertz CT molecular complexity index is 978. The standard InChI is InChI=1S/C21H21N3O6/c1-21(14-8-4-3-5-9-14)19(27)24(20(28)23-21)12-18(26)30-13-17(25)22-15-10-6-7-11-16(15)29-2/h3-11H,12-13H2,1-2H3,(H,22,25)(H,23,28)/t21-/m0/s1. The minimum absolute atomic E-state index is 0.425. The maximum Gasteiger partial charge on any atom is 0.326 e. The summed E-state index contributed by atoms with van der Waals surface area (Å²) in [6, 6.07) is 14.8. The van der Waals surface area contributed by atoms with E-state index < -0.39 is 42.5 Å². The monoisotopic (exact) mass is 411 g/mol. The summed E-state index contributed by atoms with van der Waals surface area (Å²) in [5.41, 5.74) is -0.260. The fourth-order valence-electron chi connectivity index (χ4n) is 3.06. The second-order valence-corrected chi connectivity index (χ2v) is 6.72. The highest BCUT2D eigenvalue weighted by molar-refractivity contribution is 6.09. The number of imide groups is 1. The molecule has 0 bridgehead atoms. The van der Waals surface area contributed by atoms with Crippen LogP contribution in [-0.2, 0) is 24.7 Å². The highest BCUT2D eigenvalue weighted by Crippen LogP contribution is 2.28. The molecule has 1 aliphatic rings. The third kappa shape index (κ3) is 4.24.